The summed E-state index contributed by atoms with van der Waals surface area (Å²) < 4.78 is 26.1. The van der Waals surface area contributed by atoms with E-state index in [0.29, 0.717) is 28.6 Å². The number of rotatable bonds is 10. The molecule has 35 heavy (non-hydrogen) atoms. The summed E-state index contributed by atoms with van der Waals surface area (Å²) in [7, 11) is -4.00. The molecular weight excluding hydrogens is 580 g/mol. The Kier molecular flexibility index (Phi) is 10.8. The van der Waals surface area contributed by atoms with Crippen LogP contribution in [0.25, 0.3) is 0 Å². The first-order chi connectivity index (χ1) is 16.3. The fourth-order valence-corrected chi connectivity index (χ4v) is 5.19. The molecular formula is C22H24Cl5N3O4S. The van der Waals surface area contributed by atoms with Crippen molar-refractivity contribution in [2.45, 2.75) is 32.9 Å². The van der Waals surface area contributed by atoms with Crippen LogP contribution in [-0.2, 0) is 26.2 Å². The predicted octanol–water partition coefficient (Wildman–Crippen LogP) is 5.66. The number of carbonyl (C=O) groups excluding carboxylic acids is 2. The van der Waals surface area contributed by atoms with Gasteiger partial charge in [-0.15, -0.1) is 0 Å². The average molecular weight is 604 g/mol. The van der Waals surface area contributed by atoms with Crippen molar-refractivity contribution in [2.75, 3.05) is 23.7 Å². The molecule has 2 aromatic rings. The minimum absolute atomic E-state index is 0.0212. The molecule has 2 rings (SSSR count). The fourth-order valence-electron chi connectivity index (χ4n) is 3.13. The van der Waals surface area contributed by atoms with Crippen molar-refractivity contribution >= 4 is 85.5 Å². The van der Waals surface area contributed by atoms with Crippen LogP contribution in [0.4, 0.5) is 5.69 Å². The third-order valence-electron chi connectivity index (χ3n) is 5.04. The van der Waals surface area contributed by atoms with E-state index in [0.717, 1.165) is 10.6 Å². The summed E-state index contributed by atoms with van der Waals surface area (Å²) in [4.78, 5) is 27.5. The lowest BCUT2D eigenvalue weighted by atomic mass is 10.1. The molecule has 0 aliphatic carbocycles. The normalized spacial score (nSPS) is 12.2. The summed E-state index contributed by atoms with van der Waals surface area (Å²) in [5, 5.41) is 3.48. The van der Waals surface area contributed by atoms with Crippen LogP contribution in [0.1, 0.15) is 25.8 Å². The quantitative estimate of drug-likeness (QED) is 0.355. The lowest BCUT2D eigenvalue weighted by molar-refractivity contribution is -0.139. The molecule has 2 amide bonds. The van der Waals surface area contributed by atoms with Gasteiger partial charge in [0.15, 0.2) is 0 Å². The van der Waals surface area contributed by atoms with Crippen molar-refractivity contribution < 1.29 is 18.0 Å². The van der Waals surface area contributed by atoms with Gasteiger partial charge in [-0.2, -0.15) is 0 Å². The van der Waals surface area contributed by atoms with Crippen molar-refractivity contribution in [3.05, 3.63) is 61.0 Å². The van der Waals surface area contributed by atoms with Gasteiger partial charge in [0.1, 0.15) is 12.6 Å². The van der Waals surface area contributed by atoms with Gasteiger partial charge in [0, 0.05) is 28.7 Å². The second kappa shape index (κ2) is 12.7. The SMILES string of the molecule is CCCNC(=O)[C@@H](C)N(Cc1c(Cl)cccc1Cl)C(=O)CN(c1cc(Cl)c(Cl)cc1Cl)S(C)(=O)=O. The maximum atomic E-state index is 13.5. The van der Waals surface area contributed by atoms with Gasteiger partial charge >= 0.3 is 0 Å². The second-order valence-corrected chi connectivity index (χ2v) is 11.6. The second-order valence-electron chi connectivity index (χ2n) is 7.68. The molecule has 0 radical (unpaired) electrons. The summed E-state index contributed by atoms with van der Waals surface area (Å²) >= 11 is 30.9. The van der Waals surface area contributed by atoms with Crippen LogP contribution in [0.5, 0.6) is 0 Å². The number of nitrogens with one attached hydrogen (secondary N) is 1. The number of hydrogen-bond donors (Lipinski definition) is 1. The summed E-state index contributed by atoms with van der Waals surface area (Å²) in [5.41, 5.74) is 0.383. The zero-order chi connectivity index (χ0) is 26.5. The van der Waals surface area contributed by atoms with Gasteiger partial charge in [0.2, 0.25) is 21.8 Å². The number of halogens is 5. The van der Waals surface area contributed by atoms with Crippen molar-refractivity contribution in [2.24, 2.45) is 0 Å². The van der Waals surface area contributed by atoms with Crippen molar-refractivity contribution in [1.82, 2.24) is 10.2 Å². The highest BCUT2D eigenvalue weighted by Crippen LogP contribution is 2.36. The Hall–Kier alpha value is -1.42. The topological polar surface area (TPSA) is 86.8 Å². The Morgan fingerprint density at radius 1 is 0.971 bits per heavy atom. The van der Waals surface area contributed by atoms with Gasteiger partial charge < -0.3 is 10.2 Å². The third kappa shape index (κ3) is 7.78. The Labute approximate surface area is 230 Å². The van der Waals surface area contributed by atoms with Gasteiger partial charge in [-0.1, -0.05) is 71.0 Å². The van der Waals surface area contributed by atoms with Gasteiger partial charge in [0.25, 0.3) is 0 Å². The number of hydrogen-bond acceptors (Lipinski definition) is 4. The van der Waals surface area contributed by atoms with E-state index in [1.165, 1.54) is 24.0 Å². The zero-order valence-corrected chi connectivity index (χ0v) is 23.7. The first-order valence-electron chi connectivity index (χ1n) is 10.4. The van der Waals surface area contributed by atoms with E-state index in [4.69, 9.17) is 58.0 Å². The Balaban J connectivity index is 2.50. The molecule has 7 nitrogen and oxygen atoms in total. The van der Waals surface area contributed by atoms with E-state index >= 15 is 0 Å². The third-order valence-corrected chi connectivity index (χ3v) is 7.90. The van der Waals surface area contributed by atoms with Crippen molar-refractivity contribution in [3.63, 3.8) is 0 Å². The molecule has 0 aromatic heterocycles. The maximum absolute atomic E-state index is 13.5. The molecule has 0 spiro atoms. The van der Waals surface area contributed by atoms with E-state index < -0.39 is 34.4 Å². The van der Waals surface area contributed by atoms with E-state index in [1.54, 1.807) is 18.2 Å². The molecule has 0 heterocycles. The van der Waals surface area contributed by atoms with Crippen LogP contribution in [0.15, 0.2) is 30.3 Å². The lowest BCUT2D eigenvalue weighted by Crippen LogP contribution is -2.51. The van der Waals surface area contributed by atoms with Crippen LogP contribution in [0.2, 0.25) is 25.1 Å². The van der Waals surface area contributed by atoms with Crippen LogP contribution in [0, 0.1) is 0 Å². The first-order valence-corrected chi connectivity index (χ1v) is 14.1. The molecule has 1 atom stereocenters. The number of nitrogens with zero attached hydrogens (tertiary/aromatic N) is 2. The number of sulfonamides is 1. The monoisotopic (exact) mass is 601 g/mol. The van der Waals surface area contributed by atoms with Crippen molar-refractivity contribution in [1.29, 1.82) is 0 Å². The molecule has 0 bridgehead atoms. The van der Waals surface area contributed by atoms with Crippen molar-refractivity contribution in [3.8, 4) is 0 Å². The number of anilines is 1. The van der Waals surface area contributed by atoms with Crippen LogP contribution in [0.3, 0.4) is 0 Å². The summed E-state index contributed by atoms with van der Waals surface area (Å²) in [5.74, 6) is -1.10. The van der Waals surface area contributed by atoms with E-state index in [2.05, 4.69) is 5.32 Å². The highest BCUT2D eigenvalue weighted by Gasteiger charge is 2.31. The van der Waals surface area contributed by atoms with E-state index in [-0.39, 0.29) is 27.3 Å². The molecule has 0 aliphatic heterocycles. The fraction of sp³-hybridized carbons (Fsp3) is 0.364. The number of benzene rings is 2. The molecule has 0 fully saturated rings. The molecule has 0 saturated heterocycles. The van der Waals surface area contributed by atoms with Gasteiger partial charge in [-0.25, -0.2) is 8.42 Å². The molecule has 0 saturated carbocycles. The molecule has 0 unspecified atom stereocenters. The number of carbonyl (C=O) groups is 2. The van der Waals surface area contributed by atoms with Crippen LogP contribution >= 0.6 is 58.0 Å². The molecule has 1 N–H and O–H groups in total. The highest BCUT2D eigenvalue weighted by molar-refractivity contribution is 7.92. The zero-order valence-electron chi connectivity index (χ0n) is 19.1. The Morgan fingerprint density at radius 3 is 2.09 bits per heavy atom. The smallest absolute Gasteiger partial charge is 0.244 e. The van der Waals surface area contributed by atoms with Gasteiger partial charge in [-0.3, -0.25) is 13.9 Å². The van der Waals surface area contributed by atoms with Crippen LogP contribution < -0.4 is 9.62 Å². The van der Waals surface area contributed by atoms with Crippen LogP contribution in [-0.4, -0.2) is 50.5 Å². The lowest BCUT2D eigenvalue weighted by Gasteiger charge is -2.32. The maximum Gasteiger partial charge on any atom is 0.244 e. The summed E-state index contributed by atoms with van der Waals surface area (Å²) in [6, 6.07) is 6.43. The Bertz CT molecular complexity index is 1190. The van der Waals surface area contributed by atoms with Gasteiger partial charge in [-0.05, 0) is 37.6 Å². The molecule has 0 aliphatic rings. The minimum atomic E-state index is -4.00. The van der Waals surface area contributed by atoms with Gasteiger partial charge in [0.05, 0.1) is 27.0 Å². The first kappa shape index (κ1) is 29.8. The predicted molar refractivity (Wildman–Crippen MR) is 143 cm³/mol. The molecule has 2 aromatic carbocycles. The minimum Gasteiger partial charge on any atom is -0.354 e. The Morgan fingerprint density at radius 2 is 1.54 bits per heavy atom. The highest BCUT2D eigenvalue weighted by atomic mass is 35.5. The van der Waals surface area contributed by atoms with E-state index in [9.17, 15) is 18.0 Å². The molecule has 13 heteroatoms. The van der Waals surface area contributed by atoms with E-state index in [1.807, 2.05) is 6.92 Å². The standard InChI is InChI=1S/C22H24Cl5N3O4S/c1-4-8-28-22(32)13(2)29(11-14-15(23)6-5-7-16(14)24)21(31)12-30(35(3,33)34)20-10-18(26)17(25)9-19(20)27/h5-7,9-10,13H,4,8,11-12H2,1-3H3,(H,28,32)/t13-/m1/s1. The summed E-state index contributed by atoms with van der Waals surface area (Å²) in [6.07, 6.45) is 1.62. The number of amides is 2. The molecule has 192 valence electrons. The largest absolute Gasteiger partial charge is 0.354 e. The summed E-state index contributed by atoms with van der Waals surface area (Å²) in [6.45, 7) is 3.04. The average Bonchev–Trinajstić information content (AvgIpc) is 2.77.